The van der Waals surface area contributed by atoms with Crippen molar-refractivity contribution in [1.29, 1.82) is 0 Å². The molecule has 0 spiro atoms. The molecule has 2 N–H and O–H groups in total. The van der Waals surface area contributed by atoms with Gasteiger partial charge in [-0.3, -0.25) is 4.79 Å². The SMILES string of the molecule is CC(C)(CSc1ccc(CNC2CC2)cc1)C(=O)O. The van der Waals surface area contributed by atoms with E-state index < -0.39 is 11.4 Å². The molecule has 0 heterocycles. The molecule has 1 aliphatic carbocycles. The van der Waals surface area contributed by atoms with E-state index in [2.05, 4.69) is 29.6 Å². The van der Waals surface area contributed by atoms with Crippen LogP contribution >= 0.6 is 11.8 Å². The summed E-state index contributed by atoms with van der Waals surface area (Å²) in [5, 5.41) is 12.5. The molecule has 0 radical (unpaired) electrons. The van der Waals surface area contributed by atoms with E-state index in [4.69, 9.17) is 5.11 Å². The molecule has 0 aliphatic heterocycles. The van der Waals surface area contributed by atoms with E-state index in [-0.39, 0.29) is 0 Å². The van der Waals surface area contributed by atoms with Crippen LogP contribution in [-0.2, 0) is 11.3 Å². The number of hydrogen-bond donors (Lipinski definition) is 2. The van der Waals surface area contributed by atoms with Gasteiger partial charge in [0.15, 0.2) is 0 Å². The van der Waals surface area contributed by atoms with E-state index in [1.165, 1.54) is 18.4 Å². The quantitative estimate of drug-likeness (QED) is 0.753. The zero-order chi connectivity index (χ0) is 13.9. The molecule has 0 unspecified atom stereocenters. The summed E-state index contributed by atoms with van der Waals surface area (Å²) in [6, 6.07) is 9.11. The monoisotopic (exact) mass is 279 g/mol. The van der Waals surface area contributed by atoms with Crippen molar-refractivity contribution in [3.05, 3.63) is 29.8 Å². The molecule has 1 aliphatic rings. The highest BCUT2D eigenvalue weighted by Crippen LogP contribution is 2.28. The lowest BCUT2D eigenvalue weighted by Crippen LogP contribution is -2.26. The van der Waals surface area contributed by atoms with Crippen LogP contribution in [0.2, 0.25) is 0 Å². The van der Waals surface area contributed by atoms with E-state index in [0.717, 1.165) is 17.5 Å². The summed E-state index contributed by atoms with van der Waals surface area (Å²) in [4.78, 5) is 12.2. The van der Waals surface area contributed by atoms with E-state index in [1.54, 1.807) is 25.6 Å². The first kappa shape index (κ1) is 14.4. The van der Waals surface area contributed by atoms with E-state index in [1.807, 2.05) is 0 Å². The first-order chi connectivity index (χ1) is 8.97. The van der Waals surface area contributed by atoms with Crippen LogP contribution in [0.15, 0.2) is 29.2 Å². The molecule has 2 rings (SSSR count). The van der Waals surface area contributed by atoms with Gasteiger partial charge in [-0.25, -0.2) is 0 Å². The number of hydrogen-bond acceptors (Lipinski definition) is 3. The summed E-state index contributed by atoms with van der Waals surface area (Å²) in [5.41, 5.74) is 0.602. The molecule has 1 aromatic carbocycles. The third-order valence-corrected chi connectivity index (χ3v) is 4.75. The molecular weight excluding hydrogens is 258 g/mol. The van der Waals surface area contributed by atoms with Gasteiger partial charge >= 0.3 is 5.97 Å². The molecular formula is C15H21NO2S. The van der Waals surface area contributed by atoms with Crippen molar-refractivity contribution in [3.8, 4) is 0 Å². The Kier molecular flexibility index (Phi) is 4.53. The zero-order valence-electron chi connectivity index (χ0n) is 11.5. The lowest BCUT2D eigenvalue weighted by molar-refractivity contribution is -0.145. The first-order valence-electron chi connectivity index (χ1n) is 6.66. The molecule has 1 aromatic rings. The van der Waals surface area contributed by atoms with Crippen molar-refractivity contribution in [3.63, 3.8) is 0 Å². The maximum atomic E-state index is 11.0. The number of carboxylic acid groups (broad SMARTS) is 1. The summed E-state index contributed by atoms with van der Waals surface area (Å²) >= 11 is 1.60. The Morgan fingerprint density at radius 2 is 2.00 bits per heavy atom. The van der Waals surface area contributed by atoms with E-state index >= 15 is 0 Å². The zero-order valence-corrected chi connectivity index (χ0v) is 12.3. The van der Waals surface area contributed by atoms with Gasteiger partial charge in [0, 0.05) is 23.2 Å². The van der Waals surface area contributed by atoms with Crippen LogP contribution in [0.25, 0.3) is 0 Å². The minimum atomic E-state index is -0.745. The van der Waals surface area contributed by atoms with Crippen LogP contribution in [0.3, 0.4) is 0 Å². The maximum absolute atomic E-state index is 11.0. The largest absolute Gasteiger partial charge is 0.481 e. The maximum Gasteiger partial charge on any atom is 0.309 e. The Bertz CT molecular complexity index is 438. The number of aliphatic carboxylic acids is 1. The van der Waals surface area contributed by atoms with Gasteiger partial charge in [0.1, 0.15) is 0 Å². The van der Waals surface area contributed by atoms with Gasteiger partial charge < -0.3 is 10.4 Å². The molecule has 104 valence electrons. The van der Waals surface area contributed by atoms with E-state index in [0.29, 0.717) is 5.75 Å². The lowest BCUT2D eigenvalue weighted by atomic mass is 9.97. The Labute approximate surface area is 118 Å². The normalized spacial score (nSPS) is 15.5. The molecule has 1 fully saturated rings. The van der Waals surface area contributed by atoms with E-state index in [9.17, 15) is 4.79 Å². The third kappa shape index (κ3) is 4.55. The number of benzene rings is 1. The van der Waals surface area contributed by atoms with Gasteiger partial charge in [-0.15, -0.1) is 11.8 Å². The van der Waals surface area contributed by atoms with Crippen LogP contribution in [-0.4, -0.2) is 22.9 Å². The average molecular weight is 279 g/mol. The standard InChI is InChI=1S/C15H21NO2S/c1-15(2,14(17)18)10-19-13-7-3-11(4-8-13)9-16-12-5-6-12/h3-4,7-8,12,16H,5-6,9-10H2,1-2H3,(H,17,18). The highest BCUT2D eigenvalue weighted by molar-refractivity contribution is 7.99. The van der Waals surface area contributed by atoms with Gasteiger partial charge in [-0.1, -0.05) is 12.1 Å². The smallest absolute Gasteiger partial charge is 0.309 e. The van der Waals surface area contributed by atoms with Gasteiger partial charge in [-0.2, -0.15) is 0 Å². The molecule has 0 saturated heterocycles. The van der Waals surface area contributed by atoms with Crippen molar-refractivity contribution < 1.29 is 9.90 Å². The number of thioether (sulfide) groups is 1. The molecule has 0 amide bonds. The summed E-state index contributed by atoms with van der Waals surface area (Å²) in [7, 11) is 0. The second-order valence-electron chi connectivity index (χ2n) is 5.78. The van der Waals surface area contributed by atoms with Gasteiger partial charge in [-0.05, 0) is 44.4 Å². The summed E-state index contributed by atoms with van der Waals surface area (Å²) in [5.74, 6) is -0.160. The third-order valence-electron chi connectivity index (χ3n) is 3.27. The summed E-state index contributed by atoms with van der Waals surface area (Å²) in [6.45, 7) is 4.45. The minimum absolute atomic E-state index is 0.585. The van der Waals surface area contributed by atoms with Crippen LogP contribution in [0, 0.1) is 5.41 Å². The number of carbonyl (C=O) groups is 1. The van der Waals surface area contributed by atoms with Gasteiger partial charge in [0.25, 0.3) is 0 Å². The molecule has 0 bridgehead atoms. The lowest BCUT2D eigenvalue weighted by Gasteiger charge is -2.18. The predicted molar refractivity (Wildman–Crippen MR) is 78.4 cm³/mol. The summed E-state index contributed by atoms with van der Waals surface area (Å²) < 4.78 is 0. The second-order valence-corrected chi connectivity index (χ2v) is 6.83. The molecule has 0 atom stereocenters. The van der Waals surface area contributed by atoms with Crippen molar-refractivity contribution in [2.45, 2.75) is 44.2 Å². The fourth-order valence-electron chi connectivity index (χ4n) is 1.58. The van der Waals surface area contributed by atoms with Crippen molar-refractivity contribution >= 4 is 17.7 Å². The molecule has 3 nitrogen and oxygen atoms in total. The van der Waals surface area contributed by atoms with Crippen LogP contribution in [0.4, 0.5) is 0 Å². The predicted octanol–water partition coefficient (Wildman–Crippen LogP) is 3.14. The van der Waals surface area contributed by atoms with Crippen molar-refractivity contribution in [2.24, 2.45) is 5.41 Å². The van der Waals surface area contributed by atoms with Gasteiger partial charge in [0.2, 0.25) is 0 Å². The second kappa shape index (κ2) is 5.97. The topological polar surface area (TPSA) is 49.3 Å². The Morgan fingerprint density at radius 3 is 2.53 bits per heavy atom. The Balaban J connectivity index is 1.82. The van der Waals surface area contributed by atoms with Gasteiger partial charge in [0.05, 0.1) is 5.41 Å². The molecule has 4 heteroatoms. The first-order valence-corrected chi connectivity index (χ1v) is 7.64. The van der Waals surface area contributed by atoms with Crippen LogP contribution in [0.5, 0.6) is 0 Å². The molecule has 19 heavy (non-hydrogen) atoms. The Hall–Kier alpha value is -1.00. The van der Waals surface area contributed by atoms with Crippen LogP contribution in [0.1, 0.15) is 32.3 Å². The van der Waals surface area contributed by atoms with Crippen LogP contribution < -0.4 is 5.32 Å². The number of rotatable bonds is 7. The molecule has 0 aromatic heterocycles. The number of nitrogens with one attached hydrogen (secondary N) is 1. The van der Waals surface area contributed by atoms with Crippen molar-refractivity contribution in [1.82, 2.24) is 5.32 Å². The fraction of sp³-hybridized carbons (Fsp3) is 0.533. The minimum Gasteiger partial charge on any atom is -0.481 e. The molecule has 1 saturated carbocycles. The summed E-state index contributed by atoms with van der Waals surface area (Å²) in [6.07, 6.45) is 2.61. The fourth-order valence-corrected chi connectivity index (χ4v) is 2.56. The van der Waals surface area contributed by atoms with Crippen molar-refractivity contribution in [2.75, 3.05) is 5.75 Å². The highest BCUT2D eigenvalue weighted by Gasteiger charge is 2.27. The number of carboxylic acids is 1. The highest BCUT2D eigenvalue weighted by atomic mass is 32.2. The Morgan fingerprint density at radius 1 is 1.37 bits per heavy atom. The average Bonchev–Trinajstić information content (AvgIpc) is 3.19.